The second-order valence-electron chi connectivity index (χ2n) is 3.63. The van der Waals surface area contributed by atoms with Gasteiger partial charge in [-0.05, 0) is 37.3 Å². The van der Waals surface area contributed by atoms with Crippen LogP contribution in [0.5, 0.6) is 0 Å². The summed E-state index contributed by atoms with van der Waals surface area (Å²) in [5.41, 5.74) is 7.05. The van der Waals surface area contributed by atoms with Gasteiger partial charge in [-0.25, -0.2) is 0 Å². The molecule has 0 fully saturated rings. The Labute approximate surface area is 101 Å². The average Bonchev–Trinajstić information content (AvgIpc) is 2.25. The van der Waals surface area contributed by atoms with Gasteiger partial charge >= 0.3 is 0 Å². The number of carbonyl (C=O) groups excluding carboxylic acids is 1. The van der Waals surface area contributed by atoms with Crippen molar-refractivity contribution in [3.63, 3.8) is 0 Å². The highest BCUT2D eigenvalue weighted by Crippen LogP contribution is 2.16. The summed E-state index contributed by atoms with van der Waals surface area (Å²) >= 11 is 1.66. The third-order valence-electron chi connectivity index (χ3n) is 2.10. The van der Waals surface area contributed by atoms with E-state index in [2.05, 4.69) is 12.2 Å². The monoisotopic (exact) mass is 238 g/mol. The number of hydrogen-bond acceptors (Lipinski definition) is 3. The Morgan fingerprint density at radius 3 is 2.94 bits per heavy atom. The number of nitrogens with two attached hydrogens (primary N) is 1. The van der Waals surface area contributed by atoms with Crippen LogP contribution in [0.25, 0.3) is 0 Å². The van der Waals surface area contributed by atoms with Gasteiger partial charge in [0, 0.05) is 11.4 Å². The Morgan fingerprint density at radius 1 is 1.56 bits per heavy atom. The zero-order chi connectivity index (χ0) is 12.0. The molecule has 3 N–H and O–H groups in total. The van der Waals surface area contributed by atoms with E-state index in [9.17, 15) is 4.79 Å². The molecule has 1 atom stereocenters. The zero-order valence-corrected chi connectivity index (χ0v) is 10.5. The van der Waals surface area contributed by atoms with E-state index < -0.39 is 0 Å². The zero-order valence-electron chi connectivity index (χ0n) is 9.69. The van der Waals surface area contributed by atoms with E-state index in [0.29, 0.717) is 5.69 Å². The van der Waals surface area contributed by atoms with E-state index in [1.165, 1.54) is 0 Å². The Kier molecular flexibility index (Phi) is 5.19. The summed E-state index contributed by atoms with van der Waals surface area (Å²) in [4.78, 5) is 11.8. The van der Waals surface area contributed by atoms with Crippen LogP contribution < -0.4 is 11.1 Å². The van der Waals surface area contributed by atoms with Gasteiger partial charge in [-0.1, -0.05) is 13.0 Å². The summed E-state index contributed by atoms with van der Waals surface area (Å²) in [6.45, 7) is 4.03. The van der Waals surface area contributed by atoms with Crippen molar-refractivity contribution in [2.45, 2.75) is 25.5 Å². The van der Waals surface area contributed by atoms with Crippen LogP contribution in [0.2, 0.25) is 0 Å². The SMILES string of the molecule is CCCSC(C)C(=O)Nc1cccc(N)c1. The van der Waals surface area contributed by atoms with Gasteiger partial charge in [0.1, 0.15) is 0 Å². The van der Waals surface area contributed by atoms with Crippen molar-refractivity contribution in [2.75, 3.05) is 16.8 Å². The minimum atomic E-state index is -0.0265. The summed E-state index contributed by atoms with van der Waals surface area (Å²) in [6.07, 6.45) is 1.08. The molecule has 1 aromatic rings. The second-order valence-corrected chi connectivity index (χ2v) is 5.08. The standard InChI is InChI=1S/C12H18N2OS/c1-3-7-16-9(2)12(15)14-11-6-4-5-10(13)8-11/h4-6,8-9H,3,7,13H2,1-2H3,(H,14,15). The number of benzene rings is 1. The van der Waals surface area contributed by atoms with Gasteiger partial charge in [-0.2, -0.15) is 0 Å². The van der Waals surface area contributed by atoms with Crippen LogP contribution in [0.4, 0.5) is 11.4 Å². The number of rotatable bonds is 5. The lowest BCUT2D eigenvalue weighted by Crippen LogP contribution is -2.22. The van der Waals surface area contributed by atoms with Crippen molar-refractivity contribution >= 4 is 29.0 Å². The molecule has 0 aliphatic heterocycles. The summed E-state index contributed by atoms with van der Waals surface area (Å²) in [7, 11) is 0. The maximum atomic E-state index is 11.8. The highest BCUT2D eigenvalue weighted by atomic mass is 32.2. The van der Waals surface area contributed by atoms with Crippen molar-refractivity contribution in [1.29, 1.82) is 0 Å². The van der Waals surface area contributed by atoms with Crippen LogP contribution in [-0.4, -0.2) is 16.9 Å². The molecule has 1 aromatic carbocycles. The molecule has 0 saturated heterocycles. The number of anilines is 2. The maximum absolute atomic E-state index is 11.8. The molecule has 3 nitrogen and oxygen atoms in total. The normalized spacial score (nSPS) is 12.1. The summed E-state index contributed by atoms with van der Waals surface area (Å²) in [6, 6.07) is 7.22. The molecule has 0 aliphatic rings. The van der Waals surface area contributed by atoms with E-state index in [1.54, 1.807) is 23.9 Å². The lowest BCUT2D eigenvalue weighted by Gasteiger charge is -2.11. The molecule has 0 bridgehead atoms. The first-order chi connectivity index (χ1) is 7.63. The molecule has 16 heavy (non-hydrogen) atoms. The molecule has 0 spiro atoms. The minimum absolute atomic E-state index is 0.0265. The van der Waals surface area contributed by atoms with Crippen molar-refractivity contribution < 1.29 is 4.79 Å². The summed E-state index contributed by atoms with van der Waals surface area (Å²) < 4.78 is 0. The van der Waals surface area contributed by atoms with Crippen LogP contribution in [-0.2, 0) is 4.79 Å². The Morgan fingerprint density at radius 2 is 2.31 bits per heavy atom. The van der Waals surface area contributed by atoms with Gasteiger partial charge < -0.3 is 11.1 Å². The molecule has 0 aliphatic carbocycles. The molecular weight excluding hydrogens is 220 g/mol. The van der Waals surface area contributed by atoms with Gasteiger partial charge in [0.15, 0.2) is 0 Å². The number of hydrogen-bond donors (Lipinski definition) is 2. The molecule has 0 heterocycles. The topological polar surface area (TPSA) is 55.1 Å². The third kappa shape index (κ3) is 4.14. The van der Waals surface area contributed by atoms with E-state index in [-0.39, 0.29) is 11.2 Å². The fourth-order valence-corrected chi connectivity index (χ4v) is 2.03. The fourth-order valence-electron chi connectivity index (χ4n) is 1.23. The van der Waals surface area contributed by atoms with E-state index >= 15 is 0 Å². The smallest absolute Gasteiger partial charge is 0.237 e. The van der Waals surface area contributed by atoms with Gasteiger partial charge in [0.25, 0.3) is 0 Å². The predicted octanol–water partition coefficient (Wildman–Crippen LogP) is 2.74. The molecule has 0 aromatic heterocycles. The van der Waals surface area contributed by atoms with Crippen molar-refractivity contribution in [2.24, 2.45) is 0 Å². The fraction of sp³-hybridized carbons (Fsp3) is 0.417. The molecular formula is C12H18N2OS. The first kappa shape index (κ1) is 12.9. The Hall–Kier alpha value is -1.16. The molecule has 88 valence electrons. The molecule has 1 rings (SSSR count). The number of amides is 1. The van der Waals surface area contributed by atoms with Gasteiger partial charge in [-0.15, -0.1) is 11.8 Å². The highest BCUT2D eigenvalue weighted by molar-refractivity contribution is 8.00. The first-order valence-corrected chi connectivity index (χ1v) is 6.46. The number of thioether (sulfide) groups is 1. The Bertz CT molecular complexity index is 355. The van der Waals surface area contributed by atoms with Crippen molar-refractivity contribution in [3.05, 3.63) is 24.3 Å². The van der Waals surface area contributed by atoms with E-state index in [4.69, 9.17) is 5.73 Å². The van der Waals surface area contributed by atoms with Crippen molar-refractivity contribution in [1.82, 2.24) is 0 Å². The van der Waals surface area contributed by atoms with Crippen LogP contribution >= 0.6 is 11.8 Å². The van der Waals surface area contributed by atoms with Crippen LogP contribution in [0.3, 0.4) is 0 Å². The van der Waals surface area contributed by atoms with E-state index in [1.807, 2.05) is 19.1 Å². The second kappa shape index (κ2) is 6.43. The quantitative estimate of drug-likeness (QED) is 0.775. The molecule has 1 amide bonds. The minimum Gasteiger partial charge on any atom is -0.399 e. The molecule has 0 radical (unpaired) electrons. The Balaban J connectivity index is 2.50. The third-order valence-corrected chi connectivity index (χ3v) is 3.45. The predicted molar refractivity (Wildman–Crippen MR) is 71.7 cm³/mol. The number of nitrogen functional groups attached to an aromatic ring is 1. The lowest BCUT2D eigenvalue weighted by atomic mass is 10.3. The summed E-state index contributed by atoms with van der Waals surface area (Å²) in [5, 5.41) is 2.83. The number of nitrogens with one attached hydrogen (secondary N) is 1. The first-order valence-electron chi connectivity index (χ1n) is 5.41. The number of carbonyl (C=O) groups is 1. The van der Waals surface area contributed by atoms with Crippen LogP contribution in [0.15, 0.2) is 24.3 Å². The van der Waals surface area contributed by atoms with Crippen molar-refractivity contribution in [3.8, 4) is 0 Å². The van der Waals surface area contributed by atoms with Crippen LogP contribution in [0.1, 0.15) is 20.3 Å². The van der Waals surface area contributed by atoms with Gasteiger partial charge in [0.05, 0.1) is 5.25 Å². The van der Waals surface area contributed by atoms with Crippen LogP contribution in [0, 0.1) is 0 Å². The summed E-state index contributed by atoms with van der Waals surface area (Å²) in [5.74, 6) is 1.04. The highest BCUT2D eigenvalue weighted by Gasteiger charge is 2.12. The van der Waals surface area contributed by atoms with Gasteiger partial charge in [0.2, 0.25) is 5.91 Å². The molecule has 1 unspecified atom stereocenters. The largest absolute Gasteiger partial charge is 0.399 e. The lowest BCUT2D eigenvalue weighted by molar-refractivity contribution is -0.115. The van der Waals surface area contributed by atoms with E-state index in [0.717, 1.165) is 17.9 Å². The maximum Gasteiger partial charge on any atom is 0.237 e. The molecule has 4 heteroatoms. The van der Waals surface area contributed by atoms with Gasteiger partial charge in [-0.3, -0.25) is 4.79 Å². The average molecular weight is 238 g/mol. The molecule has 0 saturated carbocycles.